The molecule has 4 heteroatoms. The number of piperidine rings is 1. The fourth-order valence-electron chi connectivity index (χ4n) is 2.29. The van der Waals surface area contributed by atoms with Gasteiger partial charge in [0.05, 0.1) is 10.6 Å². The molecule has 1 aliphatic heterocycles. The Morgan fingerprint density at radius 3 is 2.82 bits per heavy atom. The number of hydrogen-bond donors (Lipinski definition) is 1. The highest BCUT2D eigenvalue weighted by Gasteiger charge is 2.18. The van der Waals surface area contributed by atoms with E-state index in [0.29, 0.717) is 5.92 Å². The van der Waals surface area contributed by atoms with Crippen LogP contribution in [0.1, 0.15) is 30.0 Å². The summed E-state index contributed by atoms with van der Waals surface area (Å²) in [6, 6.07) is 2.17. The van der Waals surface area contributed by atoms with E-state index in [0.717, 1.165) is 13.1 Å². The van der Waals surface area contributed by atoms with Gasteiger partial charge in [0.15, 0.2) is 0 Å². The molecule has 2 aromatic heterocycles. The van der Waals surface area contributed by atoms with Crippen molar-refractivity contribution < 1.29 is 0 Å². The molecule has 2 aromatic rings. The second-order valence-corrected chi connectivity index (χ2v) is 6.31. The number of thiophene rings is 1. The average Bonchev–Trinajstić information content (AvgIpc) is 2.98. The normalized spacial score (nSPS) is 17.5. The van der Waals surface area contributed by atoms with Crippen molar-refractivity contribution in [3.05, 3.63) is 28.1 Å². The molecular weight excluding hydrogens is 248 g/mol. The molecule has 1 saturated heterocycles. The SMILES string of the molecule is Cc1ccsc1-c1nc(C2CCNCC2)cs1. The molecule has 2 nitrogen and oxygen atoms in total. The molecular formula is C13H16N2S2. The Kier molecular flexibility index (Phi) is 3.27. The van der Waals surface area contributed by atoms with Crippen LogP contribution in [0, 0.1) is 6.92 Å². The first-order chi connectivity index (χ1) is 8.34. The van der Waals surface area contributed by atoms with Crippen LogP contribution in [0.25, 0.3) is 9.88 Å². The van der Waals surface area contributed by atoms with Crippen LogP contribution in [0.3, 0.4) is 0 Å². The zero-order chi connectivity index (χ0) is 11.7. The molecule has 17 heavy (non-hydrogen) atoms. The topological polar surface area (TPSA) is 24.9 Å². The predicted octanol–water partition coefficient (Wildman–Crippen LogP) is 3.65. The van der Waals surface area contributed by atoms with Crippen molar-refractivity contribution in [3.8, 4) is 9.88 Å². The van der Waals surface area contributed by atoms with Crippen LogP contribution < -0.4 is 5.32 Å². The number of aryl methyl sites for hydroxylation is 1. The molecule has 1 N–H and O–H groups in total. The van der Waals surface area contributed by atoms with Crippen molar-refractivity contribution in [1.82, 2.24) is 10.3 Å². The lowest BCUT2D eigenvalue weighted by molar-refractivity contribution is 0.455. The number of nitrogens with zero attached hydrogens (tertiary/aromatic N) is 1. The minimum atomic E-state index is 0.668. The van der Waals surface area contributed by atoms with Gasteiger partial charge in [0, 0.05) is 11.3 Å². The van der Waals surface area contributed by atoms with Crippen LogP contribution in [0.15, 0.2) is 16.8 Å². The molecule has 0 bridgehead atoms. The molecule has 0 spiro atoms. The minimum Gasteiger partial charge on any atom is -0.317 e. The molecule has 1 fully saturated rings. The van der Waals surface area contributed by atoms with Gasteiger partial charge in [-0.05, 0) is 49.9 Å². The van der Waals surface area contributed by atoms with Gasteiger partial charge in [0.25, 0.3) is 0 Å². The Bertz CT molecular complexity index is 495. The third-order valence-electron chi connectivity index (χ3n) is 3.34. The van der Waals surface area contributed by atoms with Crippen LogP contribution >= 0.6 is 22.7 Å². The molecule has 0 amide bonds. The van der Waals surface area contributed by atoms with Gasteiger partial charge in [-0.3, -0.25) is 0 Å². The maximum atomic E-state index is 4.84. The Labute approximate surface area is 110 Å². The first-order valence-electron chi connectivity index (χ1n) is 6.05. The molecule has 1 aliphatic rings. The summed E-state index contributed by atoms with van der Waals surface area (Å²) in [5, 5.41) is 9.01. The molecule has 0 aliphatic carbocycles. The summed E-state index contributed by atoms with van der Waals surface area (Å²) < 4.78 is 0. The quantitative estimate of drug-likeness (QED) is 0.895. The summed E-state index contributed by atoms with van der Waals surface area (Å²) in [5.41, 5.74) is 2.65. The van der Waals surface area contributed by atoms with Crippen molar-refractivity contribution in [1.29, 1.82) is 0 Å². The van der Waals surface area contributed by atoms with Crippen LogP contribution in [-0.2, 0) is 0 Å². The van der Waals surface area contributed by atoms with Crippen LogP contribution in [0.5, 0.6) is 0 Å². The summed E-state index contributed by atoms with van der Waals surface area (Å²) in [6.45, 7) is 4.43. The molecule has 0 saturated carbocycles. The second-order valence-electron chi connectivity index (χ2n) is 4.53. The van der Waals surface area contributed by atoms with Crippen LogP contribution in [0.2, 0.25) is 0 Å². The maximum absolute atomic E-state index is 4.84. The van der Waals surface area contributed by atoms with Crippen molar-refractivity contribution in [2.24, 2.45) is 0 Å². The molecule has 0 atom stereocenters. The smallest absolute Gasteiger partial charge is 0.133 e. The van der Waals surface area contributed by atoms with E-state index in [9.17, 15) is 0 Å². The highest BCUT2D eigenvalue weighted by Crippen LogP contribution is 2.34. The number of hydrogen-bond acceptors (Lipinski definition) is 4. The molecule has 0 unspecified atom stereocenters. The second kappa shape index (κ2) is 4.88. The zero-order valence-electron chi connectivity index (χ0n) is 9.90. The van der Waals surface area contributed by atoms with E-state index in [1.807, 2.05) is 0 Å². The zero-order valence-corrected chi connectivity index (χ0v) is 11.5. The first kappa shape index (κ1) is 11.4. The lowest BCUT2D eigenvalue weighted by Gasteiger charge is -2.20. The van der Waals surface area contributed by atoms with E-state index in [-0.39, 0.29) is 0 Å². The third-order valence-corrected chi connectivity index (χ3v) is 5.37. The number of nitrogens with one attached hydrogen (secondary N) is 1. The Morgan fingerprint density at radius 2 is 2.12 bits per heavy atom. The minimum absolute atomic E-state index is 0.668. The number of aromatic nitrogens is 1. The van der Waals surface area contributed by atoms with Gasteiger partial charge >= 0.3 is 0 Å². The van der Waals surface area contributed by atoms with Crippen LogP contribution in [-0.4, -0.2) is 18.1 Å². The van der Waals surface area contributed by atoms with E-state index in [1.54, 1.807) is 22.7 Å². The summed E-state index contributed by atoms with van der Waals surface area (Å²) in [6.07, 6.45) is 2.46. The predicted molar refractivity (Wildman–Crippen MR) is 75.0 cm³/mol. The highest BCUT2D eigenvalue weighted by molar-refractivity contribution is 7.20. The monoisotopic (exact) mass is 264 g/mol. The number of rotatable bonds is 2. The fraction of sp³-hybridized carbons (Fsp3) is 0.462. The van der Waals surface area contributed by atoms with Crippen molar-refractivity contribution >= 4 is 22.7 Å². The van der Waals surface area contributed by atoms with Crippen LogP contribution in [0.4, 0.5) is 0 Å². The lowest BCUT2D eigenvalue weighted by Crippen LogP contribution is -2.26. The van der Waals surface area contributed by atoms with Gasteiger partial charge in [0.1, 0.15) is 5.01 Å². The number of thiazole rings is 1. The summed E-state index contributed by atoms with van der Waals surface area (Å²) in [4.78, 5) is 6.18. The summed E-state index contributed by atoms with van der Waals surface area (Å²) in [7, 11) is 0. The Balaban J connectivity index is 1.85. The van der Waals surface area contributed by atoms with E-state index in [4.69, 9.17) is 4.98 Å². The molecule has 90 valence electrons. The van der Waals surface area contributed by atoms with Crippen molar-refractivity contribution in [3.63, 3.8) is 0 Å². The third kappa shape index (κ3) is 2.30. The van der Waals surface area contributed by atoms with E-state index >= 15 is 0 Å². The van der Waals surface area contributed by atoms with Gasteiger partial charge < -0.3 is 5.32 Å². The maximum Gasteiger partial charge on any atom is 0.133 e. The van der Waals surface area contributed by atoms with Gasteiger partial charge in [-0.2, -0.15) is 0 Å². The largest absolute Gasteiger partial charge is 0.317 e. The molecule has 0 radical (unpaired) electrons. The standard InChI is InChI=1S/C13H16N2S2/c1-9-4-7-16-12(9)13-15-11(8-17-13)10-2-5-14-6-3-10/h4,7-8,10,14H,2-3,5-6H2,1H3. The Hall–Kier alpha value is -0.710. The average molecular weight is 264 g/mol. The first-order valence-corrected chi connectivity index (χ1v) is 7.81. The molecule has 3 heterocycles. The summed E-state index contributed by atoms with van der Waals surface area (Å²) >= 11 is 3.59. The Morgan fingerprint density at radius 1 is 1.29 bits per heavy atom. The van der Waals surface area contributed by atoms with Gasteiger partial charge in [-0.1, -0.05) is 0 Å². The van der Waals surface area contributed by atoms with E-state index < -0.39 is 0 Å². The highest BCUT2D eigenvalue weighted by atomic mass is 32.1. The lowest BCUT2D eigenvalue weighted by atomic mass is 9.95. The van der Waals surface area contributed by atoms with Gasteiger partial charge in [-0.15, -0.1) is 22.7 Å². The molecule has 3 rings (SSSR count). The molecule has 0 aromatic carbocycles. The fourth-order valence-corrected chi connectivity index (χ4v) is 4.29. The summed E-state index contributed by atoms with van der Waals surface area (Å²) in [5.74, 6) is 0.668. The van der Waals surface area contributed by atoms with Crippen molar-refractivity contribution in [2.45, 2.75) is 25.7 Å². The van der Waals surface area contributed by atoms with Gasteiger partial charge in [-0.25, -0.2) is 4.98 Å². The van der Waals surface area contributed by atoms with E-state index in [1.165, 1.54) is 34.0 Å². The van der Waals surface area contributed by atoms with Crippen molar-refractivity contribution in [2.75, 3.05) is 13.1 Å². The van der Waals surface area contributed by atoms with Gasteiger partial charge in [0.2, 0.25) is 0 Å². The van der Waals surface area contributed by atoms with E-state index in [2.05, 4.69) is 29.1 Å².